The summed E-state index contributed by atoms with van der Waals surface area (Å²) >= 11 is 0. The van der Waals surface area contributed by atoms with Gasteiger partial charge in [0.05, 0.1) is 0 Å². The molecule has 2 aliphatic heterocycles. The summed E-state index contributed by atoms with van der Waals surface area (Å²) in [6.45, 7) is 4.81. The zero-order chi connectivity index (χ0) is 18.2. The number of aromatic nitrogens is 3. The van der Waals surface area contributed by atoms with Crippen molar-refractivity contribution in [1.29, 1.82) is 0 Å². The van der Waals surface area contributed by atoms with Gasteiger partial charge in [-0.25, -0.2) is 9.50 Å². The Kier molecular flexibility index (Phi) is 3.92. The summed E-state index contributed by atoms with van der Waals surface area (Å²) in [5.74, 6) is 1.34. The van der Waals surface area contributed by atoms with E-state index in [1.54, 1.807) is 6.33 Å². The fourth-order valence-electron chi connectivity index (χ4n) is 3.96. The van der Waals surface area contributed by atoms with E-state index in [1.165, 1.54) is 11.3 Å². The first-order chi connectivity index (χ1) is 13.3. The molecule has 0 N–H and O–H groups in total. The van der Waals surface area contributed by atoms with Crippen molar-refractivity contribution in [2.75, 3.05) is 49.6 Å². The molecule has 0 spiro atoms. The van der Waals surface area contributed by atoms with Gasteiger partial charge in [0.25, 0.3) is 0 Å². The highest BCUT2D eigenvalue weighted by Gasteiger charge is 2.23. The van der Waals surface area contributed by atoms with Gasteiger partial charge in [0.2, 0.25) is 0 Å². The van der Waals surface area contributed by atoms with Crippen molar-refractivity contribution < 1.29 is 0 Å². The molecule has 1 atom stereocenters. The lowest BCUT2D eigenvalue weighted by atomic mass is 10.0. The molecule has 7 heteroatoms. The number of likely N-dealkylation sites (N-methyl/N-ethyl adjacent to an activating group) is 1. The molecule has 0 radical (unpaired) electrons. The number of rotatable bonds is 3. The zero-order valence-electron chi connectivity index (χ0n) is 15.4. The number of hydrogen-bond donors (Lipinski definition) is 0. The van der Waals surface area contributed by atoms with Crippen LogP contribution in [-0.2, 0) is 0 Å². The second-order valence-corrected chi connectivity index (χ2v) is 7.21. The van der Waals surface area contributed by atoms with Crippen molar-refractivity contribution in [3.63, 3.8) is 0 Å². The topological polar surface area (TPSA) is 52.3 Å². The van der Waals surface area contributed by atoms with Crippen LogP contribution in [0.15, 0.2) is 54.0 Å². The van der Waals surface area contributed by atoms with Gasteiger partial charge < -0.3 is 9.80 Å². The fourth-order valence-corrected chi connectivity index (χ4v) is 3.96. The predicted molar refractivity (Wildman–Crippen MR) is 108 cm³/mol. The van der Waals surface area contributed by atoms with Crippen molar-refractivity contribution >= 4 is 23.2 Å². The van der Waals surface area contributed by atoms with Crippen molar-refractivity contribution in [2.45, 2.75) is 5.92 Å². The maximum atomic E-state index is 4.61. The standard InChI is InChI=1S/C20H23N7/c1-24-13-17(12-22-24)16-11-19-20(21-15-23-27(19)14-16)26-9-7-25(8-10-26)18-5-3-2-4-6-18/h2-6,11-12,14-15,17H,7-10,13H2,1H3. The fraction of sp³-hybridized carbons (Fsp3) is 0.350. The summed E-state index contributed by atoms with van der Waals surface area (Å²) < 4.78 is 1.95. The van der Waals surface area contributed by atoms with Crippen LogP contribution in [0.25, 0.3) is 5.52 Å². The molecule has 4 heterocycles. The van der Waals surface area contributed by atoms with Crippen LogP contribution < -0.4 is 9.80 Å². The number of nitrogens with zero attached hydrogens (tertiary/aromatic N) is 7. The highest BCUT2D eigenvalue weighted by molar-refractivity contribution is 5.75. The van der Waals surface area contributed by atoms with Gasteiger partial charge in [-0.05, 0) is 23.8 Å². The first kappa shape index (κ1) is 16.1. The Morgan fingerprint density at radius 3 is 2.52 bits per heavy atom. The third kappa shape index (κ3) is 2.99. The van der Waals surface area contributed by atoms with Crippen LogP contribution in [0.1, 0.15) is 11.5 Å². The van der Waals surface area contributed by atoms with Crippen LogP contribution in [0.4, 0.5) is 11.5 Å². The van der Waals surface area contributed by atoms with Crippen LogP contribution in [0.5, 0.6) is 0 Å². The Hall–Kier alpha value is -3.09. The second-order valence-electron chi connectivity index (χ2n) is 7.21. The molecular formula is C20H23N7. The number of piperazine rings is 1. The van der Waals surface area contributed by atoms with Gasteiger partial charge in [0.15, 0.2) is 5.82 Å². The largest absolute Gasteiger partial charge is 0.368 e. The van der Waals surface area contributed by atoms with Gasteiger partial charge in [0, 0.05) is 63.8 Å². The lowest BCUT2D eigenvalue weighted by molar-refractivity contribution is 0.381. The summed E-state index contributed by atoms with van der Waals surface area (Å²) in [6.07, 6.45) is 5.78. The van der Waals surface area contributed by atoms with Crippen molar-refractivity contribution in [3.8, 4) is 0 Å². The van der Waals surface area contributed by atoms with Crippen LogP contribution in [0.2, 0.25) is 0 Å². The average Bonchev–Trinajstić information content (AvgIpc) is 3.34. The monoisotopic (exact) mass is 361 g/mol. The molecule has 0 saturated carbocycles. The Labute approximate surface area is 158 Å². The van der Waals surface area contributed by atoms with E-state index in [0.717, 1.165) is 44.1 Å². The quantitative estimate of drug-likeness (QED) is 0.715. The molecule has 0 bridgehead atoms. The first-order valence-corrected chi connectivity index (χ1v) is 9.41. The van der Waals surface area contributed by atoms with Gasteiger partial charge in [-0.2, -0.15) is 10.2 Å². The molecule has 2 aliphatic rings. The normalized spacial score (nSPS) is 20.0. The molecule has 7 nitrogen and oxygen atoms in total. The predicted octanol–water partition coefficient (Wildman–Crippen LogP) is 2.07. The minimum atomic E-state index is 0.319. The molecular weight excluding hydrogens is 338 g/mol. The number of fused-ring (bicyclic) bond motifs is 1. The maximum Gasteiger partial charge on any atom is 0.156 e. The molecule has 1 fully saturated rings. The summed E-state index contributed by atoms with van der Waals surface area (Å²) in [5.41, 5.74) is 3.61. The number of hydrogen-bond acceptors (Lipinski definition) is 6. The van der Waals surface area contributed by atoms with E-state index in [1.807, 2.05) is 22.8 Å². The van der Waals surface area contributed by atoms with Gasteiger partial charge in [-0.1, -0.05) is 18.2 Å². The minimum absolute atomic E-state index is 0.319. The molecule has 0 amide bonds. The maximum absolute atomic E-state index is 4.61. The van der Waals surface area contributed by atoms with E-state index in [4.69, 9.17) is 0 Å². The van der Waals surface area contributed by atoms with E-state index in [9.17, 15) is 0 Å². The first-order valence-electron chi connectivity index (χ1n) is 9.41. The Bertz CT molecular complexity index is 957. The van der Waals surface area contributed by atoms with Gasteiger partial charge in [0.1, 0.15) is 11.8 Å². The molecule has 27 heavy (non-hydrogen) atoms. The number of anilines is 2. The molecule has 2 aromatic heterocycles. The molecule has 0 aliphatic carbocycles. The van der Waals surface area contributed by atoms with E-state index in [-0.39, 0.29) is 0 Å². The highest BCUT2D eigenvalue weighted by Crippen LogP contribution is 2.27. The van der Waals surface area contributed by atoms with Crippen molar-refractivity contribution in [3.05, 3.63) is 54.5 Å². The van der Waals surface area contributed by atoms with E-state index in [2.05, 4.69) is 67.6 Å². The smallest absolute Gasteiger partial charge is 0.156 e. The lowest BCUT2D eigenvalue weighted by Gasteiger charge is -2.36. The Morgan fingerprint density at radius 2 is 1.78 bits per heavy atom. The molecule has 1 unspecified atom stereocenters. The molecule has 1 saturated heterocycles. The summed E-state index contributed by atoms with van der Waals surface area (Å²) in [7, 11) is 2.00. The van der Waals surface area contributed by atoms with Gasteiger partial charge in [-0.3, -0.25) is 5.01 Å². The number of hydrazone groups is 1. The Balaban J connectivity index is 1.38. The van der Waals surface area contributed by atoms with Crippen molar-refractivity contribution in [2.24, 2.45) is 5.10 Å². The SMILES string of the molecule is CN1CC(c2cc3c(N4CCN(c5ccccc5)CC4)ncnn3c2)C=N1. The van der Waals surface area contributed by atoms with Crippen LogP contribution in [-0.4, -0.2) is 65.6 Å². The zero-order valence-corrected chi connectivity index (χ0v) is 15.4. The van der Waals surface area contributed by atoms with E-state index in [0.29, 0.717) is 5.92 Å². The van der Waals surface area contributed by atoms with E-state index >= 15 is 0 Å². The highest BCUT2D eigenvalue weighted by atomic mass is 15.4. The number of para-hydroxylation sites is 1. The van der Waals surface area contributed by atoms with Crippen LogP contribution in [0, 0.1) is 0 Å². The van der Waals surface area contributed by atoms with E-state index < -0.39 is 0 Å². The molecule has 3 aromatic rings. The minimum Gasteiger partial charge on any atom is -0.368 e. The van der Waals surface area contributed by atoms with Crippen LogP contribution in [0.3, 0.4) is 0 Å². The third-order valence-electron chi connectivity index (χ3n) is 5.44. The second kappa shape index (κ2) is 6.57. The average molecular weight is 361 g/mol. The van der Waals surface area contributed by atoms with Crippen LogP contribution >= 0.6 is 0 Å². The summed E-state index contributed by atoms with van der Waals surface area (Å²) in [5, 5.41) is 10.8. The summed E-state index contributed by atoms with van der Waals surface area (Å²) in [4.78, 5) is 9.42. The number of benzene rings is 1. The van der Waals surface area contributed by atoms with Crippen molar-refractivity contribution in [1.82, 2.24) is 19.6 Å². The van der Waals surface area contributed by atoms with Gasteiger partial charge >= 0.3 is 0 Å². The third-order valence-corrected chi connectivity index (χ3v) is 5.44. The van der Waals surface area contributed by atoms with Gasteiger partial charge in [-0.15, -0.1) is 0 Å². The Morgan fingerprint density at radius 1 is 1.00 bits per heavy atom. The molecule has 1 aromatic carbocycles. The molecule has 5 rings (SSSR count). The lowest BCUT2D eigenvalue weighted by Crippen LogP contribution is -2.47. The molecule has 138 valence electrons. The summed E-state index contributed by atoms with van der Waals surface area (Å²) in [6, 6.07) is 12.8.